The molecule has 6 nitrogen and oxygen atoms in total. The minimum Gasteiger partial charge on any atom is -0.497 e. The molecule has 0 spiro atoms. The number of benzene rings is 2. The first kappa shape index (κ1) is 18.0. The van der Waals surface area contributed by atoms with Crippen molar-refractivity contribution in [3.05, 3.63) is 70.0 Å². The fraction of sp³-hybridized carbons (Fsp3) is 0.227. The van der Waals surface area contributed by atoms with Crippen molar-refractivity contribution in [1.82, 2.24) is 4.98 Å². The Balaban J connectivity index is 1.55. The van der Waals surface area contributed by atoms with Gasteiger partial charge in [0.15, 0.2) is 5.78 Å². The number of Topliss-reactive ketones (excluding diaryl/α,β-unsaturated/α-hetero) is 1. The Morgan fingerprint density at radius 3 is 2.79 bits per heavy atom. The number of rotatable bonds is 4. The largest absolute Gasteiger partial charge is 0.497 e. The van der Waals surface area contributed by atoms with Crippen LogP contribution < -0.4 is 15.2 Å². The van der Waals surface area contributed by atoms with Crippen LogP contribution in [-0.2, 0) is 11.2 Å². The van der Waals surface area contributed by atoms with Crippen molar-refractivity contribution in [2.45, 2.75) is 19.3 Å². The van der Waals surface area contributed by atoms with Gasteiger partial charge in [-0.05, 0) is 42.8 Å². The van der Waals surface area contributed by atoms with Gasteiger partial charge in [-0.25, -0.2) is 0 Å². The van der Waals surface area contributed by atoms with Gasteiger partial charge in [0.2, 0.25) is 5.91 Å². The first-order valence-electron chi connectivity index (χ1n) is 9.19. The first-order valence-corrected chi connectivity index (χ1v) is 9.19. The summed E-state index contributed by atoms with van der Waals surface area (Å²) in [4.78, 5) is 41.7. The molecule has 3 aromatic rings. The Bertz CT molecular complexity index is 1130. The van der Waals surface area contributed by atoms with Crippen LogP contribution in [0, 0.1) is 0 Å². The van der Waals surface area contributed by atoms with Crippen molar-refractivity contribution in [2.75, 3.05) is 18.6 Å². The number of aryl methyl sites for hydroxylation is 1. The topological polar surface area (TPSA) is 79.5 Å². The molecule has 0 saturated heterocycles. The van der Waals surface area contributed by atoms with Gasteiger partial charge < -0.3 is 14.6 Å². The molecule has 1 aliphatic heterocycles. The maximum Gasteiger partial charge on any atom is 0.251 e. The summed E-state index contributed by atoms with van der Waals surface area (Å²) < 4.78 is 5.23. The highest BCUT2D eigenvalue weighted by Gasteiger charge is 2.26. The monoisotopic (exact) mass is 376 g/mol. The van der Waals surface area contributed by atoms with E-state index in [1.807, 2.05) is 12.1 Å². The second-order valence-corrected chi connectivity index (χ2v) is 6.81. The van der Waals surface area contributed by atoms with Crippen LogP contribution in [0.15, 0.2) is 53.3 Å². The van der Waals surface area contributed by atoms with Gasteiger partial charge in [0.25, 0.3) is 5.56 Å². The summed E-state index contributed by atoms with van der Waals surface area (Å²) in [7, 11) is 1.59. The lowest BCUT2D eigenvalue weighted by atomic mass is 9.99. The molecule has 0 atom stereocenters. The zero-order valence-electron chi connectivity index (χ0n) is 15.5. The number of fused-ring (bicyclic) bond motifs is 2. The highest BCUT2D eigenvalue weighted by atomic mass is 16.5. The molecule has 0 aliphatic carbocycles. The average Bonchev–Trinajstić information content (AvgIpc) is 2.72. The standard InChI is InChI=1S/C22H20N2O4/c1-28-16-7-8-18-15(13-16)12-14(22(27)23-18)6-9-21(26)24-11-10-20(25)17-4-2-3-5-19(17)24/h2-5,7-8,12-13H,6,9-11H2,1H3,(H,23,27). The SMILES string of the molecule is COc1ccc2[nH]c(=O)c(CCC(=O)N3CCC(=O)c4ccccc43)cc2c1. The Morgan fingerprint density at radius 1 is 1.14 bits per heavy atom. The molecule has 4 rings (SSSR count). The molecule has 0 radical (unpaired) electrons. The van der Waals surface area contributed by atoms with E-state index in [0.29, 0.717) is 42.0 Å². The quantitative estimate of drug-likeness (QED) is 0.759. The normalized spacial score (nSPS) is 13.5. The number of H-pyrrole nitrogens is 1. The number of amides is 1. The van der Waals surface area contributed by atoms with Gasteiger partial charge in [0.1, 0.15) is 5.75 Å². The molecule has 0 bridgehead atoms. The van der Waals surface area contributed by atoms with Gasteiger partial charge in [0.05, 0.1) is 12.8 Å². The Labute approximate surface area is 161 Å². The van der Waals surface area contributed by atoms with Gasteiger partial charge in [0, 0.05) is 41.4 Å². The van der Waals surface area contributed by atoms with E-state index in [4.69, 9.17) is 4.74 Å². The molecule has 142 valence electrons. The molecular weight excluding hydrogens is 356 g/mol. The van der Waals surface area contributed by atoms with Gasteiger partial charge in [-0.2, -0.15) is 0 Å². The number of hydrogen-bond acceptors (Lipinski definition) is 4. The van der Waals surface area contributed by atoms with Gasteiger partial charge in [-0.3, -0.25) is 14.4 Å². The van der Waals surface area contributed by atoms with Crippen LogP contribution in [0.25, 0.3) is 10.9 Å². The van der Waals surface area contributed by atoms with Crippen LogP contribution >= 0.6 is 0 Å². The molecule has 0 unspecified atom stereocenters. The van der Waals surface area contributed by atoms with E-state index in [9.17, 15) is 14.4 Å². The van der Waals surface area contributed by atoms with Crippen LogP contribution in [0.4, 0.5) is 5.69 Å². The van der Waals surface area contributed by atoms with E-state index in [1.165, 1.54) is 0 Å². The molecule has 2 aromatic carbocycles. The molecule has 1 aromatic heterocycles. The fourth-order valence-corrected chi connectivity index (χ4v) is 3.59. The van der Waals surface area contributed by atoms with Gasteiger partial charge in [-0.15, -0.1) is 0 Å². The molecule has 6 heteroatoms. The second kappa shape index (κ2) is 7.31. The summed E-state index contributed by atoms with van der Waals surface area (Å²) in [6.45, 7) is 0.375. The number of aromatic amines is 1. The van der Waals surface area contributed by atoms with Crippen molar-refractivity contribution in [1.29, 1.82) is 0 Å². The highest BCUT2D eigenvalue weighted by molar-refractivity contribution is 6.08. The number of nitrogens with zero attached hydrogens (tertiary/aromatic N) is 1. The Kier molecular flexibility index (Phi) is 4.69. The third-order valence-corrected chi connectivity index (χ3v) is 5.10. The summed E-state index contributed by atoms with van der Waals surface area (Å²) in [6.07, 6.45) is 0.841. The Hall–Kier alpha value is -3.41. The number of nitrogens with one attached hydrogen (secondary N) is 1. The number of ketones is 1. The lowest BCUT2D eigenvalue weighted by Crippen LogP contribution is -2.37. The number of carbonyl (C=O) groups is 2. The minimum absolute atomic E-state index is 0.0552. The third-order valence-electron chi connectivity index (χ3n) is 5.10. The van der Waals surface area contributed by atoms with Crippen LogP contribution in [0.1, 0.15) is 28.8 Å². The number of aromatic nitrogens is 1. The lowest BCUT2D eigenvalue weighted by Gasteiger charge is -2.28. The molecule has 1 aliphatic rings. The molecular formula is C22H20N2O4. The zero-order chi connectivity index (χ0) is 19.7. The molecule has 0 saturated carbocycles. The molecule has 1 amide bonds. The average molecular weight is 376 g/mol. The van der Waals surface area contributed by atoms with E-state index in [0.717, 1.165) is 10.9 Å². The molecule has 2 heterocycles. The van der Waals surface area contributed by atoms with Gasteiger partial charge >= 0.3 is 0 Å². The fourth-order valence-electron chi connectivity index (χ4n) is 3.59. The van der Waals surface area contributed by atoms with Crippen molar-refractivity contribution >= 4 is 28.3 Å². The van der Waals surface area contributed by atoms with E-state index in [1.54, 1.807) is 48.4 Å². The smallest absolute Gasteiger partial charge is 0.251 e. The van der Waals surface area contributed by atoms with E-state index in [-0.39, 0.29) is 23.7 Å². The maximum atomic E-state index is 12.8. The summed E-state index contributed by atoms with van der Waals surface area (Å²) in [5.41, 5.74) is 2.32. The Morgan fingerprint density at radius 2 is 1.96 bits per heavy atom. The van der Waals surface area contributed by atoms with Crippen LogP contribution in [0.3, 0.4) is 0 Å². The lowest BCUT2D eigenvalue weighted by molar-refractivity contribution is -0.118. The van der Waals surface area contributed by atoms with Crippen LogP contribution in [0.5, 0.6) is 5.75 Å². The summed E-state index contributed by atoms with van der Waals surface area (Å²) in [5.74, 6) is 0.667. The molecule has 28 heavy (non-hydrogen) atoms. The number of para-hydroxylation sites is 1. The highest BCUT2D eigenvalue weighted by Crippen LogP contribution is 2.27. The van der Waals surface area contributed by atoms with Crippen molar-refractivity contribution < 1.29 is 14.3 Å². The van der Waals surface area contributed by atoms with Crippen LogP contribution in [-0.4, -0.2) is 30.3 Å². The molecule has 1 N–H and O–H groups in total. The van der Waals surface area contributed by atoms with E-state index >= 15 is 0 Å². The summed E-state index contributed by atoms with van der Waals surface area (Å²) in [5, 5.41) is 0.857. The molecule has 0 fully saturated rings. The minimum atomic E-state index is -0.195. The number of hydrogen-bond donors (Lipinski definition) is 1. The van der Waals surface area contributed by atoms with Crippen molar-refractivity contribution in [3.8, 4) is 5.75 Å². The predicted octanol–water partition coefficient (Wildman–Crippen LogP) is 3.09. The van der Waals surface area contributed by atoms with E-state index < -0.39 is 0 Å². The van der Waals surface area contributed by atoms with E-state index in [2.05, 4.69) is 4.98 Å². The number of pyridine rings is 1. The van der Waals surface area contributed by atoms with Crippen molar-refractivity contribution in [3.63, 3.8) is 0 Å². The number of ether oxygens (including phenoxy) is 1. The summed E-state index contributed by atoms with van der Waals surface area (Å²) in [6, 6.07) is 14.4. The first-order chi connectivity index (χ1) is 13.6. The number of carbonyl (C=O) groups excluding carboxylic acids is 2. The third kappa shape index (κ3) is 3.29. The zero-order valence-corrected chi connectivity index (χ0v) is 15.5. The second-order valence-electron chi connectivity index (χ2n) is 6.81. The predicted molar refractivity (Wildman–Crippen MR) is 107 cm³/mol. The summed E-state index contributed by atoms with van der Waals surface area (Å²) >= 11 is 0. The number of methoxy groups -OCH3 is 1. The van der Waals surface area contributed by atoms with Crippen LogP contribution in [0.2, 0.25) is 0 Å². The number of anilines is 1. The van der Waals surface area contributed by atoms with Crippen molar-refractivity contribution in [2.24, 2.45) is 0 Å². The van der Waals surface area contributed by atoms with Gasteiger partial charge in [-0.1, -0.05) is 12.1 Å². The maximum absolute atomic E-state index is 12.8.